The summed E-state index contributed by atoms with van der Waals surface area (Å²) in [6.45, 7) is 11.0. The van der Waals surface area contributed by atoms with Gasteiger partial charge in [0.25, 0.3) is 0 Å². The number of nitrogens with zero attached hydrogens (tertiary/aromatic N) is 4. The zero-order valence-corrected chi connectivity index (χ0v) is 17.8. The number of hydrogen-bond donors (Lipinski definition) is 2. The Kier molecular flexibility index (Phi) is 7.42. The molecule has 1 aromatic heterocycles. The first-order valence-corrected chi connectivity index (χ1v) is 9.54. The summed E-state index contributed by atoms with van der Waals surface area (Å²) in [7, 11) is 5.94. The zero-order chi connectivity index (χ0) is 20.0. The molecule has 2 rings (SSSR count). The molecule has 27 heavy (non-hydrogen) atoms. The third-order valence-electron chi connectivity index (χ3n) is 5.18. The fourth-order valence-corrected chi connectivity index (χ4v) is 2.98. The van der Waals surface area contributed by atoms with Gasteiger partial charge in [-0.25, -0.2) is 0 Å². The van der Waals surface area contributed by atoms with Crippen LogP contribution < -0.4 is 10.6 Å². The van der Waals surface area contributed by atoms with E-state index in [0.29, 0.717) is 12.6 Å². The van der Waals surface area contributed by atoms with Crippen molar-refractivity contribution >= 4 is 5.96 Å². The Morgan fingerprint density at radius 2 is 1.78 bits per heavy atom. The highest BCUT2D eigenvalue weighted by molar-refractivity contribution is 5.79. The molecule has 0 aliphatic heterocycles. The van der Waals surface area contributed by atoms with E-state index < -0.39 is 0 Å². The molecular weight excluding hydrogens is 336 g/mol. The molecule has 0 aliphatic carbocycles. The number of benzene rings is 1. The molecule has 0 saturated carbocycles. The van der Waals surface area contributed by atoms with Crippen molar-refractivity contribution in [1.29, 1.82) is 0 Å². The van der Waals surface area contributed by atoms with Crippen LogP contribution in [-0.2, 0) is 26.7 Å². The van der Waals surface area contributed by atoms with Crippen LogP contribution in [-0.4, -0.2) is 40.8 Å². The fourth-order valence-electron chi connectivity index (χ4n) is 2.98. The summed E-state index contributed by atoms with van der Waals surface area (Å²) in [5.74, 6) is 0.796. The van der Waals surface area contributed by atoms with Crippen LogP contribution in [0.15, 0.2) is 29.3 Å². The van der Waals surface area contributed by atoms with Gasteiger partial charge in [0.1, 0.15) is 0 Å². The average molecular weight is 371 g/mol. The summed E-state index contributed by atoms with van der Waals surface area (Å²) in [5.41, 5.74) is 6.09. The Morgan fingerprint density at radius 1 is 1.15 bits per heavy atom. The zero-order valence-electron chi connectivity index (χ0n) is 17.8. The van der Waals surface area contributed by atoms with Gasteiger partial charge in [-0.15, -0.1) is 0 Å². The van der Waals surface area contributed by atoms with Crippen LogP contribution in [0.4, 0.5) is 0 Å². The van der Waals surface area contributed by atoms with Crippen LogP contribution >= 0.6 is 0 Å². The van der Waals surface area contributed by atoms with Crippen LogP contribution in [0.3, 0.4) is 0 Å². The quantitative estimate of drug-likeness (QED) is 0.581. The first kappa shape index (κ1) is 21.0. The molecule has 0 saturated heterocycles. The van der Waals surface area contributed by atoms with Crippen molar-refractivity contribution in [3.63, 3.8) is 0 Å². The standard InChI is InChI=1S/C21H34N6/c1-15(2)26(6)14-19-11-9-8-10-18(19)12-23-21(22-5)24-13-20-16(3)25-27(7)17(20)4/h8-11,15H,12-14H2,1-7H3,(H2,22,23,24). The van der Waals surface area contributed by atoms with Gasteiger partial charge in [0.2, 0.25) is 0 Å². The Balaban J connectivity index is 1.98. The second-order valence-electron chi connectivity index (χ2n) is 7.33. The van der Waals surface area contributed by atoms with Crippen molar-refractivity contribution in [2.24, 2.45) is 12.0 Å². The number of aliphatic imine (C=N–C) groups is 1. The van der Waals surface area contributed by atoms with E-state index in [9.17, 15) is 0 Å². The topological polar surface area (TPSA) is 57.5 Å². The lowest BCUT2D eigenvalue weighted by molar-refractivity contribution is 0.265. The second kappa shape index (κ2) is 9.55. The second-order valence-corrected chi connectivity index (χ2v) is 7.33. The van der Waals surface area contributed by atoms with Crippen LogP contribution in [0.1, 0.15) is 41.9 Å². The Hall–Kier alpha value is -2.34. The van der Waals surface area contributed by atoms with Gasteiger partial charge in [-0.2, -0.15) is 5.10 Å². The third-order valence-corrected chi connectivity index (χ3v) is 5.18. The molecule has 148 valence electrons. The average Bonchev–Trinajstić information content (AvgIpc) is 2.88. The predicted molar refractivity (Wildman–Crippen MR) is 113 cm³/mol. The summed E-state index contributed by atoms with van der Waals surface area (Å²) < 4.78 is 1.92. The molecule has 1 aromatic carbocycles. The Bertz CT molecular complexity index is 775. The van der Waals surface area contributed by atoms with Gasteiger partial charge >= 0.3 is 0 Å². The van der Waals surface area contributed by atoms with E-state index in [2.05, 4.69) is 77.7 Å². The molecule has 1 heterocycles. The van der Waals surface area contributed by atoms with Gasteiger partial charge in [0.15, 0.2) is 5.96 Å². The van der Waals surface area contributed by atoms with Gasteiger partial charge in [0, 0.05) is 51.0 Å². The maximum Gasteiger partial charge on any atom is 0.191 e. The molecular formula is C21H34N6. The first-order valence-electron chi connectivity index (χ1n) is 9.54. The van der Waals surface area contributed by atoms with Gasteiger partial charge < -0.3 is 10.6 Å². The molecule has 0 fully saturated rings. The molecule has 6 heteroatoms. The lowest BCUT2D eigenvalue weighted by Crippen LogP contribution is -2.37. The van der Waals surface area contributed by atoms with Crippen molar-refractivity contribution in [2.45, 2.75) is 53.4 Å². The highest BCUT2D eigenvalue weighted by atomic mass is 15.3. The number of guanidine groups is 1. The van der Waals surface area contributed by atoms with Gasteiger partial charge in [0.05, 0.1) is 5.69 Å². The number of rotatable bonds is 7. The van der Waals surface area contributed by atoms with Crippen LogP contribution in [0.25, 0.3) is 0 Å². The number of nitrogens with one attached hydrogen (secondary N) is 2. The Morgan fingerprint density at radius 3 is 2.33 bits per heavy atom. The lowest BCUT2D eigenvalue weighted by Gasteiger charge is -2.23. The summed E-state index contributed by atoms with van der Waals surface area (Å²) in [4.78, 5) is 6.71. The molecule has 0 aliphatic rings. The van der Waals surface area contributed by atoms with E-state index in [1.54, 1.807) is 7.05 Å². The highest BCUT2D eigenvalue weighted by Gasteiger charge is 2.11. The summed E-state index contributed by atoms with van der Waals surface area (Å²) in [6, 6.07) is 9.10. The first-order chi connectivity index (χ1) is 12.8. The molecule has 0 spiro atoms. The van der Waals surface area contributed by atoms with E-state index in [4.69, 9.17) is 0 Å². The fraction of sp³-hybridized carbons (Fsp3) is 0.524. The van der Waals surface area contributed by atoms with Crippen LogP contribution in [0.2, 0.25) is 0 Å². The minimum absolute atomic E-state index is 0.520. The van der Waals surface area contributed by atoms with Gasteiger partial charge in [-0.3, -0.25) is 14.6 Å². The van der Waals surface area contributed by atoms with Gasteiger partial charge in [-0.1, -0.05) is 24.3 Å². The summed E-state index contributed by atoms with van der Waals surface area (Å²) in [6.07, 6.45) is 0. The maximum absolute atomic E-state index is 4.47. The molecule has 0 radical (unpaired) electrons. The SMILES string of the molecule is CN=C(NCc1ccccc1CN(C)C(C)C)NCc1c(C)nn(C)c1C. The van der Waals surface area contributed by atoms with E-state index in [1.807, 2.05) is 18.7 Å². The molecule has 0 bridgehead atoms. The molecule has 2 N–H and O–H groups in total. The van der Waals surface area contributed by atoms with Crippen molar-refractivity contribution in [2.75, 3.05) is 14.1 Å². The molecule has 0 amide bonds. The van der Waals surface area contributed by atoms with E-state index >= 15 is 0 Å². The summed E-state index contributed by atoms with van der Waals surface area (Å²) >= 11 is 0. The minimum Gasteiger partial charge on any atom is -0.352 e. The lowest BCUT2D eigenvalue weighted by atomic mass is 10.1. The van der Waals surface area contributed by atoms with Crippen molar-refractivity contribution < 1.29 is 0 Å². The minimum atomic E-state index is 0.520. The maximum atomic E-state index is 4.47. The normalized spacial score (nSPS) is 12.1. The molecule has 0 atom stereocenters. The number of aryl methyl sites for hydroxylation is 2. The van der Waals surface area contributed by atoms with E-state index in [1.165, 1.54) is 22.4 Å². The van der Waals surface area contributed by atoms with Crippen molar-refractivity contribution in [3.8, 4) is 0 Å². The van der Waals surface area contributed by atoms with E-state index in [0.717, 1.165) is 24.7 Å². The van der Waals surface area contributed by atoms with Crippen molar-refractivity contribution in [1.82, 2.24) is 25.3 Å². The van der Waals surface area contributed by atoms with Gasteiger partial charge in [-0.05, 0) is 45.9 Å². The van der Waals surface area contributed by atoms with Crippen LogP contribution in [0, 0.1) is 13.8 Å². The molecule has 6 nitrogen and oxygen atoms in total. The van der Waals surface area contributed by atoms with Crippen LogP contribution in [0.5, 0.6) is 0 Å². The monoisotopic (exact) mass is 370 g/mol. The number of aromatic nitrogens is 2. The molecule has 0 unspecified atom stereocenters. The Labute approximate surface area is 163 Å². The third kappa shape index (κ3) is 5.57. The predicted octanol–water partition coefficient (Wildman–Crippen LogP) is 2.74. The summed E-state index contributed by atoms with van der Waals surface area (Å²) in [5, 5.41) is 11.3. The van der Waals surface area contributed by atoms with Crippen molar-refractivity contribution in [3.05, 3.63) is 52.3 Å². The number of hydrogen-bond acceptors (Lipinski definition) is 3. The molecule has 2 aromatic rings. The largest absolute Gasteiger partial charge is 0.352 e. The highest BCUT2D eigenvalue weighted by Crippen LogP contribution is 2.13. The smallest absolute Gasteiger partial charge is 0.191 e. The van der Waals surface area contributed by atoms with E-state index in [-0.39, 0.29) is 0 Å².